The molecule has 6 atom stereocenters. The topological polar surface area (TPSA) is 175 Å². The van der Waals surface area contributed by atoms with Crippen LogP contribution in [0.2, 0.25) is 0 Å². The van der Waals surface area contributed by atoms with Gasteiger partial charge in [-0.05, 0) is 81.8 Å². The lowest BCUT2D eigenvalue weighted by atomic mass is 9.91. The van der Waals surface area contributed by atoms with Gasteiger partial charge in [0.1, 0.15) is 23.7 Å². The lowest BCUT2D eigenvalue weighted by molar-refractivity contribution is -0.133. The van der Waals surface area contributed by atoms with Crippen molar-refractivity contribution >= 4 is 41.5 Å². The summed E-state index contributed by atoms with van der Waals surface area (Å²) in [5.74, 6) is -1.74. The van der Waals surface area contributed by atoms with Gasteiger partial charge in [0.2, 0.25) is 23.6 Å². The van der Waals surface area contributed by atoms with Crippen molar-refractivity contribution in [2.45, 2.75) is 137 Å². The fourth-order valence-corrected chi connectivity index (χ4v) is 5.86. The number of ether oxygens (including phenoxy) is 1. The minimum atomic E-state index is -1.08. The summed E-state index contributed by atoms with van der Waals surface area (Å²) < 4.78 is 5.36. The molecule has 0 aliphatic rings. The van der Waals surface area contributed by atoms with Crippen LogP contribution in [0.1, 0.15) is 100 Å². The monoisotopic (exact) mass is 735 g/mol. The minimum absolute atomic E-state index is 0.0397. The van der Waals surface area contributed by atoms with E-state index in [9.17, 15) is 29.1 Å². The third-order valence-corrected chi connectivity index (χ3v) is 8.72. The molecule has 1 rings (SSSR count). The average Bonchev–Trinajstić information content (AvgIpc) is 3.02. The number of rotatable bonds is 21. The highest BCUT2D eigenvalue weighted by Gasteiger charge is 2.33. The summed E-state index contributed by atoms with van der Waals surface area (Å²) in [6.07, 6.45) is 1.22. The van der Waals surface area contributed by atoms with Crippen LogP contribution >= 0.6 is 11.8 Å². The highest BCUT2D eigenvalue weighted by molar-refractivity contribution is 7.98. The summed E-state index contributed by atoms with van der Waals surface area (Å²) in [7, 11) is 0. The second kappa shape index (κ2) is 22.6. The number of hydrogen-bond donors (Lipinski definition) is 6. The van der Waals surface area contributed by atoms with E-state index in [4.69, 9.17) is 4.74 Å². The van der Waals surface area contributed by atoms with Crippen molar-refractivity contribution in [2.24, 2.45) is 23.7 Å². The first-order chi connectivity index (χ1) is 23.7. The van der Waals surface area contributed by atoms with Crippen LogP contribution in [0.4, 0.5) is 4.79 Å². The fraction of sp³-hybridized carbons (Fsp3) is 0.711. The van der Waals surface area contributed by atoms with Crippen LogP contribution in [-0.4, -0.2) is 82.7 Å². The Labute approximate surface area is 310 Å². The van der Waals surface area contributed by atoms with Gasteiger partial charge in [-0.25, -0.2) is 4.79 Å². The Bertz CT molecular complexity index is 1240. The molecule has 290 valence electrons. The maximum Gasteiger partial charge on any atom is 0.408 e. The van der Waals surface area contributed by atoms with Crippen molar-refractivity contribution in [1.82, 2.24) is 26.6 Å². The quantitative estimate of drug-likeness (QED) is 0.107. The maximum absolute atomic E-state index is 13.7. The number of carbonyl (C=O) groups excluding carboxylic acids is 5. The summed E-state index contributed by atoms with van der Waals surface area (Å²) in [5.41, 5.74) is 0.194. The molecular formula is C38H65N5O7S. The predicted octanol–water partition coefficient (Wildman–Crippen LogP) is 4.54. The van der Waals surface area contributed by atoms with E-state index in [2.05, 4.69) is 26.6 Å². The molecule has 13 heteroatoms. The Morgan fingerprint density at radius 2 is 1.33 bits per heavy atom. The molecular weight excluding hydrogens is 671 g/mol. The SMILES string of the molecule is CSCC[C@@H](NC(=O)[C@H](CC(C)C)NC(=O)OC(C)(C)C)C(=O)N[C@@H](CC(C)C)[C@@H](O)C[C@@H](C)C(=O)N[C@H](C(=O)NCc1ccccc1)C(C)C. The lowest BCUT2D eigenvalue weighted by Crippen LogP contribution is -2.57. The maximum atomic E-state index is 13.7. The number of carbonyl (C=O) groups is 5. The van der Waals surface area contributed by atoms with Crippen molar-refractivity contribution in [3.8, 4) is 0 Å². The van der Waals surface area contributed by atoms with E-state index in [0.29, 0.717) is 31.6 Å². The Morgan fingerprint density at radius 3 is 1.86 bits per heavy atom. The van der Waals surface area contributed by atoms with E-state index in [-0.39, 0.29) is 36.0 Å². The molecule has 0 bridgehead atoms. The van der Waals surface area contributed by atoms with Gasteiger partial charge in [-0.3, -0.25) is 19.2 Å². The molecule has 6 N–H and O–H groups in total. The van der Waals surface area contributed by atoms with E-state index in [1.165, 1.54) is 11.8 Å². The largest absolute Gasteiger partial charge is 0.444 e. The number of hydrogen-bond acceptors (Lipinski definition) is 8. The zero-order valence-electron chi connectivity index (χ0n) is 32.6. The van der Waals surface area contributed by atoms with Crippen molar-refractivity contribution in [3.63, 3.8) is 0 Å². The first-order valence-corrected chi connectivity index (χ1v) is 19.5. The van der Waals surface area contributed by atoms with Crippen LogP contribution in [0.3, 0.4) is 0 Å². The van der Waals surface area contributed by atoms with Gasteiger partial charge in [0.15, 0.2) is 0 Å². The zero-order chi connectivity index (χ0) is 38.9. The summed E-state index contributed by atoms with van der Waals surface area (Å²) in [6, 6.07) is 6.18. The predicted molar refractivity (Wildman–Crippen MR) is 204 cm³/mol. The molecule has 0 saturated heterocycles. The van der Waals surface area contributed by atoms with Gasteiger partial charge in [-0.15, -0.1) is 0 Å². The molecule has 0 aromatic heterocycles. The molecule has 0 unspecified atom stereocenters. The number of aliphatic hydroxyl groups is 1. The molecule has 0 aliphatic carbocycles. The van der Waals surface area contributed by atoms with Crippen LogP contribution in [0.5, 0.6) is 0 Å². The number of amides is 5. The lowest BCUT2D eigenvalue weighted by Gasteiger charge is -2.30. The van der Waals surface area contributed by atoms with Crippen molar-refractivity contribution in [3.05, 3.63) is 35.9 Å². The first-order valence-electron chi connectivity index (χ1n) is 18.1. The molecule has 0 radical (unpaired) electrons. The smallest absolute Gasteiger partial charge is 0.408 e. The molecule has 0 saturated carbocycles. The normalized spacial score (nSPS) is 15.3. The van der Waals surface area contributed by atoms with Crippen molar-refractivity contribution in [1.29, 1.82) is 0 Å². The standard InChI is InChI=1S/C38H65N5O7S/c1-23(2)19-29(31(44)21-26(7)33(45)43-32(25(5)6)36(48)39-22-27-15-13-12-14-16-27)41-34(46)28(17-18-51-11)40-35(47)30(20-24(3)4)42-37(49)50-38(8,9)10/h12-16,23-26,28-32,44H,17-22H2,1-11H3,(H,39,48)(H,40,47)(H,41,46)(H,42,49)(H,43,45)/t26-,28-,29+,30+,31+,32+/m1/s1. The van der Waals surface area contributed by atoms with Crippen LogP contribution in [-0.2, 0) is 30.5 Å². The second-order valence-corrected chi connectivity index (χ2v) is 16.5. The third kappa shape index (κ3) is 18.7. The summed E-state index contributed by atoms with van der Waals surface area (Å²) >= 11 is 1.53. The summed E-state index contributed by atoms with van der Waals surface area (Å²) in [5, 5.41) is 25.5. The Balaban J connectivity index is 3.03. The zero-order valence-corrected chi connectivity index (χ0v) is 33.4. The summed E-state index contributed by atoms with van der Waals surface area (Å²) in [4.78, 5) is 66.1. The Morgan fingerprint density at radius 1 is 0.745 bits per heavy atom. The molecule has 0 spiro atoms. The van der Waals surface area contributed by atoms with E-state index >= 15 is 0 Å². The highest BCUT2D eigenvalue weighted by atomic mass is 32.2. The van der Waals surface area contributed by atoms with Gasteiger partial charge < -0.3 is 36.4 Å². The van der Waals surface area contributed by atoms with E-state index in [1.807, 2.05) is 78.1 Å². The molecule has 0 fully saturated rings. The molecule has 0 heterocycles. The van der Waals surface area contributed by atoms with E-state index in [1.54, 1.807) is 27.7 Å². The number of aliphatic hydroxyl groups excluding tert-OH is 1. The van der Waals surface area contributed by atoms with Crippen LogP contribution in [0.15, 0.2) is 30.3 Å². The Kier molecular flexibility index (Phi) is 20.2. The molecule has 5 amide bonds. The number of benzene rings is 1. The molecule has 0 aliphatic heterocycles. The van der Waals surface area contributed by atoms with Crippen LogP contribution in [0.25, 0.3) is 0 Å². The molecule has 1 aromatic rings. The average molecular weight is 736 g/mol. The minimum Gasteiger partial charge on any atom is -0.444 e. The number of thioether (sulfide) groups is 1. The van der Waals surface area contributed by atoms with Gasteiger partial charge in [0.05, 0.1) is 12.1 Å². The van der Waals surface area contributed by atoms with Gasteiger partial charge in [0.25, 0.3) is 0 Å². The Hall–Kier alpha value is -3.32. The first kappa shape index (κ1) is 45.7. The number of nitrogens with one attached hydrogen (secondary N) is 5. The number of alkyl carbamates (subject to hydrolysis) is 1. The van der Waals surface area contributed by atoms with Crippen molar-refractivity contribution in [2.75, 3.05) is 12.0 Å². The molecule has 1 aromatic carbocycles. The molecule has 51 heavy (non-hydrogen) atoms. The van der Waals surface area contributed by atoms with Crippen molar-refractivity contribution < 1.29 is 33.8 Å². The molecule has 12 nitrogen and oxygen atoms in total. The highest BCUT2D eigenvalue weighted by Crippen LogP contribution is 2.18. The van der Waals surface area contributed by atoms with Crippen LogP contribution < -0.4 is 26.6 Å². The van der Waals surface area contributed by atoms with Gasteiger partial charge >= 0.3 is 6.09 Å². The van der Waals surface area contributed by atoms with E-state index in [0.717, 1.165) is 5.56 Å². The van der Waals surface area contributed by atoms with Gasteiger partial charge in [-0.1, -0.05) is 78.8 Å². The van der Waals surface area contributed by atoms with Gasteiger partial charge in [-0.2, -0.15) is 11.8 Å². The second-order valence-electron chi connectivity index (χ2n) is 15.6. The summed E-state index contributed by atoms with van der Waals surface area (Å²) in [6.45, 7) is 18.7. The van der Waals surface area contributed by atoms with Crippen LogP contribution in [0, 0.1) is 23.7 Å². The van der Waals surface area contributed by atoms with E-state index < -0.39 is 59.7 Å². The van der Waals surface area contributed by atoms with Gasteiger partial charge in [0, 0.05) is 12.5 Å². The third-order valence-electron chi connectivity index (χ3n) is 8.07. The fourth-order valence-electron chi connectivity index (χ4n) is 5.39.